The SMILES string of the molecule is CCCCOCCCOCCN. The normalized spacial score (nSPS) is 10.5. The van der Waals surface area contributed by atoms with Gasteiger partial charge in [0.05, 0.1) is 6.61 Å². The van der Waals surface area contributed by atoms with E-state index in [-0.39, 0.29) is 0 Å². The Morgan fingerprint density at radius 3 is 2.08 bits per heavy atom. The van der Waals surface area contributed by atoms with Crippen molar-refractivity contribution < 1.29 is 9.47 Å². The third-order valence-corrected chi connectivity index (χ3v) is 1.48. The summed E-state index contributed by atoms with van der Waals surface area (Å²) in [4.78, 5) is 0. The van der Waals surface area contributed by atoms with Crippen molar-refractivity contribution in [3.05, 3.63) is 0 Å². The molecular weight excluding hydrogens is 154 g/mol. The van der Waals surface area contributed by atoms with Crippen LogP contribution in [0.15, 0.2) is 0 Å². The second-order valence-electron chi connectivity index (χ2n) is 2.72. The van der Waals surface area contributed by atoms with Gasteiger partial charge < -0.3 is 15.2 Å². The van der Waals surface area contributed by atoms with Crippen LogP contribution in [0.5, 0.6) is 0 Å². The molecule has 3 nitrogen and oxygen atoms in total. The molecule has 0 atom stereocenters. The standard InChI is InChI=1S/C9H21NO2/c1-2-3-6-11-7-4-8-12-9-5-10/h2-10H2,1H3. The lowest BCUT2D eigenvalue weighted by Crippen LogP contribution is -2.10. The molecule has 0 aromatic heterocycles. The van der Waals surface area contributed by atoms with Gasteiger partial charge in [0.2, 0.25) is 0 Å². The number of nitrogens with two attached hydrogens (primary N) is 1. The first kappa shape index (κ1) is 11.9. The van der Waals surface area contributed by atoms with Crippen LogP contribution in [0.4, 0.5) is 0 Å². The lowest BCUT2D eigenvalue weighted by Gasteiger charge is -2.03. The molecule has 0 aromatic rings. The Morgan fingerprint density at radius 1 is 0.917 bits per heavy atom. The highest BCUT2D eigenvalue weighted by Gasteiger charge is 1.89. The van der Waals surface area contributed by atoms with Gasteiger partial charge in [-0.1, -0.05) is 13.3 Å². The molecule has 74 valence electrons. The van der Waals surface area contributed by atoms with E-state index in [2.05, 4.69) is 6.92 Å². The van der Waals surface area contributed by atoms with E-state index in [1.807, 2.05) is 0 Å². The lowest BCUT2D eigenvalue weighted by molar-refractivity contribution is 0.0845. The molecule has 12 heavy (non-hydrogen) atoms. The van der Waals surface area contributed by atoms with E-state index in [4.69, 9.17) is 15.2 Å². The second kappa shape index (κ2) is 10.9. The van der Waals surface area contributed by atoms with E-state index in [9.17, 15) is 0 Å². The summed E-state index contributed by atoms with van der Waals surface area (Å²) >= 11 is 0. The van der Waals surface area contributed by atoms with Gasteiger partial charge in [-0.15, -0.1) is 0 Å². The topological polar surface area (TPSA) is 44.5 Å². The smallest absolute Gasteiger partial charge is 0.0588 e. The summed E-state index contributed by atoms with van der Waals surface area (Å²) in [5, 5.41) is 0. The number of rotatable bonds is 9. The first-order valence-corrected chi connectivity index (χ1v) is 4.77. The van der Waals surface area contributed by atoms with Crippen molar-refractivity contribution in [1.82, 2.24) is 0 Å². The molecule has 0 spiro atoms. The molecule has 0 unspecified atom stereocenters. The van der Waals surface area contributed by atoms with Crippen LogP contribution >= 0.6 is 0 Å². The molecule has 0 aliphatic rings. The maximum atomic E-state index is 5.34. The van der Waals surface area contributed by atoms with Crippen LogP contribution in [0, 0.1) is 0 Å². The van der Waals surface area contributed by atoms with Gasteiger partial charge in [0.25, 0.3) is 0 Å². The fourth-order valence-corrected chi connectivity index (χ4v) is 0.797. The fourth-order valence-electron chi connectivity index (χ4n) is 0.797. The van der Waals surface area contributed by atoms with Gasteiger partial charge in [0.15, 0.2) is 0 Å². The Hall–Kier alpha value is -0.120. The van der Waals surface area contributed by atoms with Crippen molar-refractivity contribution in [2.24, 2.45) is 5.73 Å². The summed E-state index contributed by atoms with van der Waals surface area (Å²) < 4.78 is 10.5. The quantitative estimate of drug-likeness (QED) is 0.535. The first-order chi connectivity index (χ1) is 5.91. The van der Waals surface area contributed by atoms with Gasteiger partial charge in [0, 0.05) is 26.4 Å². The zero-order valence-electron chi connectivity index (χ0n) is 8.05. The van der Waals surface area contributed by atoms with Crippen molar-refractivity contribution in [2.45, 2.75) is 26.2 Å². The Morgan fingerprint density at radius 2 is 1.50 bits per heavy atom. The van der Waals surface area contributed by atoms with E-state index in [1.54, 1.807) is 0 Å². The summed E-state index contributed by atoms with van der Waals surface area (Å²) in [5.41, 5.74) is 5.25. The summed E-state index contributed by atoms with van der Waals surface area (Å²) in [6, 6.07) is 0. The molecule has 0 saturated heterocycles. The Bertz CT molecular complexity index is 68.9. The number of hydrogen-bond donors (Lipinski definition) is 1. The van der Waals surface area contributed by atoms with Gasteiger partial charge in [-0.05, 0) is 12.8 Å². The average molecular weight is 175 g/mol. The molecule has 0 saturated carbocycles. The third-order valence-electron chi connectivity index (χ3n) is 1.48. The van der Waals surface area contributed by atoms with Crippen LogP contribution < -0.4 is 5.73 Å². The number of ether oxygens (including phenoxy) is 2. The predicted molar refractivity (Wildman–Crippen MR) is 50.2 cm³/mol. The van der Waals surface area contributed by atoms with Gasteiger partial charge in [-0.2, -0.15) is 0 Å². The Balaban J connectivity index is 2.73. The van der Waals surface area contributed by atoms with Crippen LogP contribution in [0.25, 0.3) is 0 Å². The molecule has 0 amide bonds. The van der Waals surface area contributed by atoms with Crippen molar-refractivity contribution in [1.29, 1.82) is 0 Å². The monoisotopic (exact) mass is 175 g/mol. The molecule has 0 aliphatic carbocycles. The predicted octanol–water partition coefficient (Wildman–Crippen LogP) is 1.17. The first-order valence-electron chi connectivity index (χ1n) is 4.77. The Labute approximate surface area is 75.2 Å². The van der Waals surface area contributed by atoms with Gasteiger partial charge in [-0.3, -0.25) is 0 Å². The van der Waals surface area contributed by atoms with Crippen LogP contribution in [0.2, 0.25) is 0 Å². The van der Waals surface area contributed by atoms with Crippen molar-refractivity contribution in [3.8, 4) is 0 Å². The minimum Gasteiger partial charge on any atom is -0.381 e. The van der Waals surface area contributed by atoms with Crippen molar-refractivity contribution in [2.75, 3.05) is 33.0 Å². The van der Waals surface area contributed by atoms with Crippen LogP contribution in [0.1, 0.15) is 26.2 Å². The Kier molecular flexibility index (Phi) is 10.8. The van der Waals surface area contributed by atoms with Crippen molar-refractivity contribution in [3.63, 3.8) is 0 Å². The van der Waals surface area contributed by atoms with Crippen LogP contribution in [-0.2, 0) is 9.47 Å². The molecule has 0 aromatic carbocycles. The van der Waals surface area contributed by atoms with E-state index < -0.39 is 0 Å². The summed E-state index contributed by atoms with van der Waals surface area (Å²) in [7, 11) is 0. The van der Waals surface area contributed by atoms with E-state index in [0.29, 0.717) is 13.2 Å². The molecular formula is C9H21NO2. The molecule has 0 radical (unpaired) electrons. The highest BCUT2D eigenvalue weighted by atomic mass is 16.5. The molecule has 2 N–H and O–H groups in total. The molecule has 0 fully saturated rings. The summed E-state index contributed by atoms with van der Waals surface area (Å²) in [5.74, 6) is 0. The largest absolute Gasteiger partial charge is 0.381 e. The highest BCUT2D eigenvalue weighted by Crippen LogP contribution is 1.90. The van der Waals surface area contributed by atoms with E-state index in [0.717, 1.165) is 32.7 Å². The molecule has 0 rings (SSSR count). The average Bonchev–Trinajstić information content (AvgIpc) is 2.10. The molecule has 0 aliphatic heterocycles. The van der Waals surface area contributed by atoms with Gasteiger partial charge in [-0.25, -0.2) is 0 Å². The van der Waals surface area contributed by atoms with Crippen LogP contribution in [-0.4, -0.2) is 33.0 Å². The molecule has 3 heteroatoms. The van der Waals surface area contributed by atoms with E-state index in [1.165, 1.54) is 6.42 Å². The lowest BCUT2D eigenvalue weighted by atomic mass is 10.4. The maximum absolute atomic E-state index is 5.34. The zero-order valence-corrected chi connectivity index (χ0v) is 8.05. The zero-order chi connectivity index (χ0) is 9.07. The van der Waals surface area contributed by atoms with E-state index >= 15 is 0 Å². The summed E-state index contributed by atoms with van der Waals surface area (Å²) in [6.07, 6.45) is 3.33. The summed E-state index contributed by atoms with van der Waals surface area (Å²) in [6.45, 7) is 5.89. The number of unbranched alkanes of at least 4 members (excludes halogenated alkanes) is 1. The fraction of sp³-hybridized carbons (Fsp3) is 1.00. The highest BCUT2D eigenvalue weighted by molar-refractivity contribution is 4.37. The van der Waals surface area contributed by atoms with Crippen molar-refractivity contribution >= 4 is 0 Å². The second-order valence-corrected chi connectivity index (χ2v) is 2.72. The molecule has 0 bridgehead atoms. The van der Waals surface area contributed by atoms with Gasteiger partial charge >= 0.3 is 0 Å². The third kappa shape index (κ3) is 9.88. The maximum Gasteiger partial charge on any atom is 0.0588 e. The molecule has 0 heterocycles. The number of hydrogen-bond acceptors (Lipinski definition) is 3. The minimum absolute atomic E-state index is 0.608. The minimum atomic E-state index is 0.608. The van der Waals surface area contributed by atoms with Crippen LogP contribution in [0.3, 0.4) is 0 Å². The van der Waals surface area contributed by atoms with Gasteiger partial charge in [0.1, 0.15) is 0 Å².